The van der Waals surface area contributed by atoms with Crippen molar-refractivity contribution in [1.29, 1.82) is 0 Å². The lowest BCUT2D eigenvalue weighted by atomic mass is 9.96. The van der Waals surface area contributed by atoms with Gasteiger partial charge in [0.1, 0.15) is 0 Å². The van der Waals surface area contributed by atoms with Crippen LogP contribution in [-0.2, 0) is 18.4 Å². The van der Waals surface area contributed by atoms with E-state index in [0.29, 0.717) is 0 Å². The number of carbonyl (C=O) groups excluding carboxylic acids is 1. The third kappa shape index (κ3) is 3.97. The lowest BCUT2D eigenvalue weighted by Gasteiger charge is -2.32. The predicted molar refractivity (Wildman–Crippen MR) is 85.4 cm³/mol. The van der Waals surface area contributed by atoms with E-state index in [1.807, 2.05) is 6.07 Å². The molecule has 1 aliphatic carbocycles. The monoisotopic (exact) mass is 303 g/mol. The van der Waals surface area contributed by atoms with Gasteiger partial charge in [-0.15, -0.1) is 0 Å². The summed E-state index contributed by atoms with van der Waals surface area (Å²) in [6, 6.07) is 3.68. The van der Waals surface area contributed by atoms with Crippen molar-refractivity contribution in [2.75, 3.05) is 19.6 Å². The van der Waals surface area contributed by atoms with Gasteiger partial charge in [0, 0.05) is 38.9 Å². The zero-order valence-electron chi connectivity index (χ0n) is 13.3. The van der Waals surface area contributed by atoms with E-state index in [-0.39, 0.29) is 17.4 Å². The molecule has 3 rings (SSSR count). The molecule has 1 saturated carbocycles. The van der Waals surface area contributed by atoms with Crippen molar-refractivity contribution in [1.82, 2.24) is 14.8 Å². The SMILES string of the molecule is Cn1ccc(CN2CCC[C@H](C(=O)NCC3CC3)C2)cc1=O. The van der Waals surface area contributed by atoms with Crippen molar-refractivity contribution in [2.24, 2.45) is 18.9 Å². The topological polar surface area (TPSA) is 54.3 Å². The molecule has 0 unspecified atom stereocenters. The Hall–Kier alpha value is -1.62. The molecular weight excluding hydrogens is 278 g/mol. The van der Waals surface area contributed by atoms with Gasteiger partial charge in [0.2, 0.25) is 5.91 Å². The van der Waals surface area contributed by atoms with E-state index in [4.69, 9.17) is 0 Å². The van der Waals surface area contributed by atoms with E-state index in [2.05, 4.69) is 10.2 Å². The minimum atomic E-state index is 0.0215. The van der Waals surface area contributed by atoms with Crippen LogP contribution in [0.2, 0.25) is 0 Å². The summed E-state index contributed by atoms with van der Waals surface area (Å²) >= 11 is 0. The summed E-state index contributed by atoms with van der Waals surface area (Å²) in [4.78, 5) is 26.2. The molecule has 2 fully saturated rings. The maximum atomic E-state index is 12.2. The van der Waals surface area contributed by atoms with Crippen LogP contribution in [0.3, 0.4) is 0 Å². The van der Waals surface area contributed by atoms with Crippen molar-refractivity contribution in [3.8, 4) is 0 Å². The maximum absolute atomic E-state index is 12.2. The van der Waals surface area contributed by atoms with Gasteiger partial charge < -0.3 is 9.88 Å². The fraction of sp³-hybridized carbons (Fsp3) is 0.647. The van der Waals surface area contributed by atoms with Gasteiger partial charge in [-0.2, -0.15) is 0 Å². The van der Waals surface area contributed by atoms with Crippen molar-refractivity contribution >= 4 is 5.91 Å². The van der Waals surface area contributed by atoms with Crippen LogP contribution in [0.1, 0.15) is 31.2 Å². The number of likely N-dealkylation sites (tertiary alicyclic amines) is 1. The first-order valence-electron chi connectivity index (χ1n) is 8.27. The van der Waals surface area contributed by atoms with Gasteiger partial charge in [-0.3, -0.25) is 14.5 Å². The van der Waals surface area contributed by atoms with E-state index < -0.39 is 0 Å². The minimum absolute atomic E-state index is 0.0215. The predicted octanol–water partition coefficient (Wildman–Crippen LogP) is 1.12. The molecule has 1 saturated heterocycles. The number of hydrogen-bond acceptors (Lipinski definition) is 3. The van der Waals surface area contributed by atoms with Gasteiger partial charge in [-0.1, -0.05) is 0 Å². The molecule has 1 atom stereocenters. The Morgan fingerprint density at radius 3 is 2.91 bits per heavy atom. The van der Waals surface area contributed by atoms with E-state index in [9.17, 15) is 9.59 Å². The quantitative estimate of drug-likeness (QED) is 0.887. The molecule has 22 heavy (non-hydrogen) atoms. The van der Waals surface area contributed by atoms with E-state index >= 15 is 0 Å². The first kappa shape index (κ1) is 15.3. The molecule has 120 valence electrons. The molecule has 1 amide bonds. The second-order valence-electron chi connectivity index (χ2n) is 6.75. The Kier molecular flexibility index (Phi) is 4.62. The van der Waals surface area contributed by atoms with Crippen molar-refractivity contribution < 1.29 is 4.79 Å². The Morgan fingerprint density at radius 1 is 1.36 bits per heavy atom. The summed E-state index contributed by atoms with van der Waals surface area (Å²) in [6.07, 6.45) is 6.36. The van der Waals surface area contributed by atoms with Crippen molar-refractivity contribution in [3.63, 3.8) is 0 Å². The summed E-state index contributed by atoms with van der Waals surface area (Å²) in [5, 5.41) is 3.10. The molecule has 5 heteroatoms. The number of aryl methyl sites for hydroxylation is 1. The lowest BCUT2D eigenvalue weighted by Crippen LogP contribution is -2.43. The lowest BCUT2D eigenvalue weighted by molar-refractivity contribution is -0.126. The normalized spacial score (nSPS) is 22.5. The number of nitrogens with one attached hydrogen (secondary N) is 1. The molecule has 1 aliphatic heterocycles. The molecule has 0 radical (unpaired) electrons. The number of amides is 1. The average Bonchev–Trinajstić information content (AvgIpc) is 3.33. The van der Waals surface area contributed by atoms with Crippen LogP contribution in [-0.4, -0.2) is 35.0 Å². The fourth-order valence-corrected chi connectivity index (χ4v) is 3.07. The molecule has 1 aromatic rings. The molecule has 0 spiro atoms. The molecule has 2 aliphatic rings. The zero-order valence-corrected chi connectivity index (χ0v) is 13.3. The van der Waals surface area contributed by atoms with Crippen LogP contribution in [0.5, 0.6) is 0 Å². The Labute approximate surface area is 131 Å². The Balaban J connectivity index is 1.54. The van der Waals surface area contributed by atoms with Gasteiger partial charge >= 0.3 is 0 Å². The summed E-state index contributed by atoms with van der Waals surface area (Å²) in [5.74, 6) is 1.03. The number of pyridine rings is 1. The highest BCUT2D eigenvalue weighted by Crippen LogP contribution is 2.28. The van der Waals surface area contributed by atoms with Gasteiger partial charge in [-0.25, -0.2) is 0 Å². The largest absolute Gasteiger partial charge is 0.356 e. The summed E-state index contributed by atoms with van der Waals surface area (Å²) < 4.78 is 1.58. The van der Waals surface area contributed by atoms with E-state index in [0.717, 1.165) is 50.5 Å². The smallest absolute Gasteiger partial charge is 0.250 e. The number of carbonyl (C=O) groups is 1. The van der Waals surface area contributed by atoms with Gasteiger partial charge in [0.15, 0.2) is 0 Å². The fourth-order valence-electron chi connectivity index (χ4n) is 3.07. The first-order chi connectivity index (χ1) is 10.6. The molecule has 1 aromatic heterocycles. The summed E-state index contributed by atoms with van der Waals surface area (Å²) in [6.45, 7) is 3.40. The number of nitrogens with zero attached hydrogens (tertiary/aromatic N) is 2. The highest BCUT2D eigenvalue weighted by atomic mass is 16.2. The third-order valence-electron chi connectivity index (χ3n) is 4.71. The first-order valence-corrected chi connectivity index (χ1v) is 8.27. The van der Waals surface area contributed by atoms with Gasteiger partial charge in [-0.05, 0) is 49.8 Å². The maximum Gasteiger partial charge on any atom is 0.250 e. The Morgan fingerprint density at radius 2 is 2.18 bits per heavy atom. The van der Waals surface area contributed by atoms with Crippen LogP contribution < -0.4 is 10.9 Å². The van der Waals surface area contributed by atoms with Crippen LogP contribution in [0.25, 0.3) is 0 Å². The van der Waals surface area contributed by atoms with Gasteiger partial charge in [0.05, 0.1) is 5.92 Å². The number of piperidine rings is 1. The summed E-state index contributed by atoms with van der Waals surface area (Å²) in [7, 11) is 1.76. The molecule has 0 aromatic carbocycles. The molecule has 0 bridgehead atoms. The van der Waals surface area contributed by atoms with E-state index in [1.165, 1.54) is 12.8 Å². The zero-order chi connectivity index (χ0) is 15.5. The van der Waals surface area contributed by atoms with Crippen LogP contribution in [0, 0.1) is 11.8 Å². The van der Waals surface area contributed by atoms with E-state index in [1.54, 1.807) is 23.9 Å². The van der Waals surface area contributed by atoms with Crippen molar-refractivity contribution in [2.45, 2.75) is 32.2 Å². The third-order valence-corrected chi connectivity index (χ3v) is 4.71. The van der Waals surface area contributed by atoms with Crippen LogP contribution >= 0.6 is 0 Å². The summed E-state index contributed by atoms with van der Waals surface area (Å²) in [5.41, 5.74) is 1.05. The van der Waals surface area contributed by atoms with Crippen molar-refractivity contribution in [3.05, 3.63) is 34.2 Å². The Bertz CT molecular complexity index is 592. The average molecular weight is 303 g/mol. The van der Waals surface area contributed by atoms with Gasteiger partial charge in [0.25, 0.3) is 5.56 Å². The standard InChI is InChI=1S/C17H25N3O2/c1-19-8-6-14(9-16(19)21)11-20-7-2-3-15(12-20)17(22)18-10-13-4-5-13/h6,8-9,13,15H,2-5,7,10-12H2,1H3,(H,18,22)/t15-/m0/s1. The second kappa shape index (κ2) is 6.65. The highest BCUT2D eigenvalue weighted by Gasteiger charge is 2.28. The molecule has 5 nitrogen and oxygen atoms in total. The van der Waals surface area contributed by atoms with Crippen LogP contribution in [0.4, 0.5) is 0 Å². The second-order valence-corrected chi connectivity index (χ2v) is 6.75. The molecule has 2 heterocycles. The number of rotatable bonds is 5. The van der Waals surface area contributed by atoms with Crippen LogP contribution in [0.15, 0.2) is 23.1 Å². The molecular formula is C17H25N3O2. The minimum Gasteiger partial charge on any atom is -0.356 e. The number of aromatic nitrogens is 1. The molecule has 1 N–H and O–H groups in total. The highest BCUT2D eigenvalue weighted by molar-refractivity contribution is 5.79. The number of hydrogen-bond donors (Lipinski definition) is 1.